The largest absolute Gasteiger partial charge is 0.494 e. The van der Waals surface area contributed by atoms with Crippen LogP contribution in [0.1, 0.15) is 12.5 Å². The standard InChI is InChI=1S/C23H22ClF3N4O3S/c1-2-34-18-6-3-16(4-7-18)20-9-10-22(29-28-20)30-11-13-31(14-12-30)35(32,33)21-15-17(23(25,26)27)5-8-19(21)24/h3-10,15H,2,11-14H2,1H3. The van der Waals surface area contributed by atoms with Gasteiger partial charge >= 0.3 is 6.18 Å². The van der Waals surface area contributed by atoms with Crippen LogP contribution in [0, 0.1) is 0 Å². The van der Waals surface area contributed by atoms with E-state index in [1.54, 1.807) is 6.07 Å². The number of ether oxygens (including phenoxy) is 1. The summed E-state index contributed by atoms with van der Waals surface area (Å²) in [4.78, 5) is 1.32. The molecule has 7 nitrogen and oxygen atoms in total. The molecule has 0 unspecified atom stereocenters. The summed E-state index contributed by atoms with van der Waals surface area (Å²) in [5.41, 5.74) is 0.487. The second-order valence-electron chi connectivity index (χ2n) is 7.77. The van der Waals surface area contributed by atoms with Crippen molar-refractivity contribution in [1.82, 2.24) is 14.5 Å². The van der Waals surface area contributed by atoms with Crippen molar-refractivity contribution >= 4 is 27.4 Å². The highest BCUT2D eigenvalue weighted by molar-refractivity contribution is 7.89. The Labute approximate surface area is 206 Å². The van der Waals surface area contributed by atoms with Gasteiger partial charge in [-0.25, -0.2) is 8.42 Å². The summed E-state index contributed by atoms with van der Waals surface area (Å²) in [6.45, 7) is 3.22. The van der Waals surface area contributed by atoms with Gasteiger partial charge in [-0.1, -0.05) is 11.6 Å². The highest BCUT2D eigenvalue weighted by Gasteiger charge is 2.35. The van der Waals surface area contributed by atoms with Gasteiger partial charge in [-0.3, -0.25) is 0 Å². The van der Waals surface area contributed by atoms with Crippen LogP contribution in [0.2, 0.25) is 5.02 Å². The van der Waals surface area contributed by atoms with E-state index < -0.39 is 26.7 Å². The van der Waals surface area contributed by atoms with Crippen molar-refractivity contribution in [2.24, 2.45) is 0 Å². The van der Waals surface area contributed by atoms with E-state index >= 15 is 0 Å². The molecule has 186 valence electrons. The predicted molar refractivity (Wildman–Crippen MR) is 126 cm³/mol. The fourth-order valence-electron chi connectivity index (χ4n) is 3.71. The molecule has 3 aromatic rings. The van der Waals surface area contributed by atoms with Gasteiger partial charge in [0.15, 0.2) is 5.82 Å². The summed E-state index contributed by atoms with van der Waals surface area (Å²) >= 11 is 5.96. The molecule has 12 heteroatoms. The smallest absolute Gasteiger partial charge is 0.416 e. The third-order valence-electron chi connectivity index (χ3n) is 5.55. The van der Waals surface area contributed by atoms with Crippen LogP contribution < -0.4 is 9.64 Å². The van der Waals surface area contributed by atoms with Gasteiger partial charge in [0.25, 0.3) is 0 Å². The molecule has 0 aliphatic carbocycles. The number of anilines is 1. The Kier molecular flexibility index (Phi) is 7.20. The third-order valence-corrected chi connectivity index (χ3v) is 7.93. The van der Waals surface area contributed by atoms with Gasteiger partial charge in [0.1, 0.15) is 10.6 Å². The number of sulfonamides is 1. The maximum absolute atomic E-state index is 13.1. The SMILES string of the molecule is CCOc1ccc(-c2ccc(N3CCN(S(=O)(=O)c4cc(C(F)(F)F)ccc4Cl)CC3)nn2)cc1. The molecule has 2 aromatic carbocycles. The first-order chi connectivity index (χ1) is 16.6. The van der Waals surface area contributed by atoms with Crippen molar-refractivity contribution in [3.05, 3.63) is 65.2 Å². The number of rotatable bonds is 6. The molecule has 1 aliphatic heterocycles. The van der Waals surface area contributed by atoms with Gasteiger partial charge in [0.05, 0.1) is 22.9 Å². The average Bonchev–Trinajstić information content (AvgIpc) is 2.84. The second kappa shape index (κ2) is 10.00. The van der Waals surface area contributed by atoms with Crippen LogP contribution in [-0.4, -0.2) is 55.7 Å². The lowest BCUT2D eigenvalue weighted by Gasteiger charge is -2.34. The van der Waals surface area contributed by atoms with E-state index in [2.05, 4.69) is 10.2 Å². The highest BCUT2D eigenvalue weighted by Crippen LogP contribution is 2.34. The zero-order valence-corrected chi connectivity index (χ0v) is 20.2. The van der Waals surface area contributed by atoms with Crippen molar-refractivity contribution in [2.75, 3.05) is 37.7 Å². The molecule has 0 radical (unpaired) electrons. The van der Waals surface area contributed by atoms with Crippen LogP contribution in [0.25, 0.3) is 11.3 Å². The van der Waals surface area contributed by atoms with Crippen molar-refractivity contribution in [3.63, 3.8) is 0 Å². The van der Waals surface area contributed by atoms with Gasteiger partial charge in [-0.2, -0.15) is 17.5 Å². The summed E-state index contributed by atoms with van der Waals surface area (Å²) in [5.74, 6) is 1.34. The first-order valence-electron chi connectivity index (χ1n) is 10.8. The van der Waals surface area contributed by atoms with E-state index in [0.717, 1.165) is 27.8 Å². The van der Waals surface area contributed by atoms with Gasteiger partial charge in [0.2, 0.25) is 10.0 Å². The second-order valence-corrected chi connectivity index (χ2v) is 10.1. The lowest BCUT2D eigenvalue weighted by atomic mass is 10.1. The number of piperazine rings is 1. The Morgan fingerprint density at radius 2 is 1.66 bits per heavy atom. The van der Waals surface area contributed by atoms with Crippen LogP contribution >= 0.6 is 11.6 Å². The maximum atomic E-state index is 13.1. The van der Waals surface area contributed by atoms with E-state index in [-0.39, 0.29) is 18.1 Å². The Hall–Kier alpha value is -2.89. The number of benzene rings is 2. The summed E-state index contributed by atoms with van der Waals surface area (Å²) < 4.78 is 71.8. The summed E-state index contributed by atoms with van der Waals surface area (Å²) in [7, 11) is -4.20. The number of aromatic nitrogens is 2. The predicted octanol–water partition coefficient (Wildman–Crippen LogP) is 4.73. The van der Waals surface area contributed by atoms with Crippen molar-refractivity contribution in [3.8, 4) is 17.0 Å². The molecule has 1 aromatic heterocycles. The zero-order chi connectivity index (χ0) is 25.2. The lowest BCUT2D eigenvalue weighted by Crippen LogP contribution is -2.49. The van der Waals surface area contributed by atoms with Crippen LogP contribution in [0.4, 0.5) is 19.0 Å². The van der Waals surface area contributed by atoms with Gasteiger partial charge in [-0.05, 0) is 61.5 Å². The van der Waals surface area contributed by atoms with Crippen molar-refractivity contribution in [1.29, 1.82) is 0 Å². The Balaban J connectivity index is 1.44. The van der Waals surface area contributed by atoms with Crippen LogP contribution in [0.3, 0.4) is 0 Å². The van der Waals surface area contributed by atoms with E-state index in [0.29, 0.717) is 37.3 Å². The highest BCUT2D eigenvalue weighted by atomic mass is 35.5. The minimum absolute atomic E-state index is 0.0667. The molecule has 2 heterocycles. The van der Waals surface area contributed by atoms with E-state index in [4.69, 9.17) is 16.3 Å². The molecule has 1 fully saturated rings. The number of halogens is 4. The third kappa shape index (κ3) is 5.52. The molecule has 0 amide bonds. The molecule has 4 rings (SSSR count). The van der Waals surface area contributed by atoms with Crippen LogP contribution in [0.5, 0.6) is 5.75 Å². The van der Waals surface area contributed by atoms with E-state index in [1.807, 2.05) is 42.2 Å². The summed E-state index contributed by atoms with van der Waals surface area (Å²) in [6.07, 6.45) is -4.68. The van der Waals surface area contributed by atoms with Gasteiger partial charge < -0.3 is 9.64 Å². The van der Waals surface area contributed by atoms with Gasteiger partial charge in [0, 0.05) is 31.7 Å². The summed E-state index contributed by atoms with van der Waals surface area (Å²) in [5, 5.41) is 8.28. The molecular formula is C23H22ClF3N4O3S. The van der Waals surface area contributed by atoms with Crippen molar-refractivity contribution < 1.29 is 26.3 Å². The number of nitrogens with zero attached hydrogens (tertiary/aromatic N) is 4. The molecule has 0 bridgehead atoms. The fourth-order valence-corrected chi connectivity index (χ4v) is 5.63. The number of hydrogen-bond acceptors (Lipinski definition) is 6. The first-order valence-corrected chi connectivity index (χ1v) is 12.6. The van der Waals surface area contributed by atoms with Crippen LogP contribution in [-0.2, 0) is 16.2 Å². The van der Waals surface area contributed by atoms with Crippen LogP contribution in [0.15, 0.2) is 59.5 Å². The normalized spacial score (nSPS) is 15.3. The minimum Gasteiger partial charge on any atom is -0.494 e. The molecule has 0 saturated carbocycles. The quantitative estimate of drug-likeness (QED) is 0.462. The lowest BCUT2D eigenvalue weighted by molar-refractivity contribution is -0.137. The van der Waals surface area contributed by atoms with Gasteiger partial charge in [-0.15, -0.1) is 10.2 Å². The molecular weight excluding hydrogens is 505 g/mol. The Bertz CT molecular complexity index is 1280. The summed E-state index contributed by atoms with van der Waals surface area (Å²) in [6, 6.07) is 13.4. The molecule has 35 heavy (non-hydrogen) atoms. The number of alkyl halides is 3. The molecule has 1 saturated heterocycles. The molecule has 1 aliphatic rings. The number of hydrogen-bond donors (Lipinski definition) is 0. The topological polar surface area (TPSA) is 75.6 Å². The Morgan fingerprint density at radius 1 is 0.971 bits per heavy atom. The molecule has 0 N–H and O–H groups in total. The molecule has 0 atom stereocenters. The Morgan fingerprint density at radius 3 is 2.23 bits per heavy atom. The monoisotopic (exact) mass is 526 g/mol. The maximum Gasteiger partial charge on any atom is 0.416 e. The fraction of sp³-hybridized carbons (Fsp3) is 0.304. The van der Waals surface area contributed by atoms with E-state index in [1.165, 1.54) is 0 Å². The first kappa shape index (κ1) is 25.2. The van der Waals surface area contributed by atoms with Crippen molar-refractivity contribution in [2.45, 2.75) is 18.0 Å². The van der Waals surface area contributed by atoms with E-state index in [9.17, 15) is 21.6 Å². The minimum atomic E-state index is -4.68. The molecule has 0 spiro atoms. The average molecular weight is 527 g/mol. The zero-order valence-electron chi connectivity index (χ0n) is 18.7.